The number of piperidine rings is 1. The molecular weight excluding hydrogens is 334 g/mol. The van der Waals surface area contributed by atoms with Gasteiger partial charge in [-0.3, -0.25) is 14.9 Å². The highest BCUT2D eigenvalue weighted by Gasteiger charge is 2.26. The van der Waals surface area contributed by atoms with E-state index in [1.807, 2.05) is 7.05 Å². The summed E-state index contributed by atoms with van der Waals surface area (Å²) in [5, 5.41) is 14.1. The Labute approximate surface area is 147 Å². The van der Waals surface area contributed by atoms with Gasteiger partial charge in [0.15, 0.2) is 0 Å². The van der Waals surface area contributed by atoms with Crippen LogP contribution in [0.4, 0.5) is 5.69 Å². The fourth-order valence-electron chi connectivity index (χ4n) is 2.92. The van der Waals surface area contributed by atoms with Crippen LogP contribution in [0.25, 0.3) is 0 Å². The number of nitrogens with one attached hydrogen (secondary N) is 1. The maximum absolute atomic E-state index is 12.7. The first-order valence-corrected chi connectivity index (χ1v) is 7.83. The fourth-order valence-corrected chi connectivity index (χ4v) is 2.92. The molecule has 1 heterocycles. The molecule has 0 aliphatic carbocycles. The van der Waals surface area contributed by atoms with Crippen LogP contribution in [0.15, 0.2) is 18.2 Å². The van der Waals surface area contributed by atoms with Gasteiger partial charge < -0.3 is 15.0 Å². The zero-order valence-electron chi connectivity index (χ0n) is 14.0. The molecule has 7 nitrogen and oxygen atoms in total. The van der Waals surface area contributed by atoms with Crippen molar-refractivity contribution in [3.63, 3.8) is 0 Å². The van der Waals surface area contributed by atoms with Gasteiger partial charge in [0, 0.05) is 25.2 Å². The minimum Gasteiger partial charge on any atom is -0.496 e. The number of benzene rings is 1. The van der Waals surface area contributed by atoms with E-state index in [-0.39, 0.29) is 29.6 Å². The molecule has 1 saturated heterocycles. The molecule has 0 atom stereocenters. The highest BCUT2D eigenvalue weighted by molar-refractivity contribution is 5.97. The fraction of sp³-hybridized carbons (Fsp3) is 0.562. The Morgan fingerprint density at radius 2 is 2.08 bits per heavy atom. The third-order valence-electron chi connectivity index (χ3n) is 4.33. The predicted molar refractivity (Wildman–Crippen MR) is 94.1 cm³/mol. The van der Waals surface area contributed by atoms with E-state index in [1.54, 1.807) is 4.90 Å². The standard InChI is InChI=1S/C16H23N3O4.ClH/c1-17-8-5-12-6-9-18(10-7-12)16(20)14-11-13(19(21)22)3-4-15(14)23-2;/h3-4,11-12,17H,5-10H2,1-2H3;1H. The second-order valence-electron chi connectivity index (χ2n) is 5.77. The molecule has 24 heavy (non-hydrogen) atoms. The number of carbonyl (C=O) groups excluding carboxylic acids is 1. The van der Waals surface area contributed by atoms with Gasteiger partial charge >= 0.3 is 0 Å². The van der Waals surface area contributed by atoms with Gasteiger partial charge in [-0.25, -0.2) is 0 Å². The van der Waals surface area contributed by atoms with Gasteiger partial charge in [0.05, 0.1) is 17.6 Å². The Morgan fingerprint density at radius 1 is 1.42 bits per heavy atom. The molecule has 1 aliphatic heterocycles. The predicted octanol–water partition coefficient (Wildman–Crippen LogP) is 2.49. The Bertz CT molecular complexity index is 574. The summed E-state index contributed by atoms with van der Waals surface area (Å²) in [4.78, 5) is 24.9. The molecule has 0 unspecified atom stereocenters. The summed E-state index contributed by atoms with van der Waals surface area (Å²) in [6, 6.07) is 4.12. The molecule has 134 valence electrons. The van der Waals surface area contributed by atoms with Crippen molar-refractivity contribution < 1.29 is 14.5 Å². The lowest BCUT2D eigenvalue weighted by Gasteiger charge is -2.32. The van der Waals surface area contributed by atoms with Crippen molar-refractivity contribution >= 4 is 24.0 Å². The number of hydrogen-bond acceptors (Lipinski definition) is 5. The van der Waals surface area contributed by atoms with Crippen LogP contribution in [-0.2, 0) is 0 Å². The third kappa shape index (κ3) is 4.82. The lowest BCUT2D eigenvalue weighted by Crippen LogP contribution is -2.39. The lowest BCUT2D eigenvalue weighted by atomic mass is 9.93. The maximum Gasteiger partial charge on any atom is 0.270 e. The number of nitro benzene ring substituents is 1. The zero-order valence-corrected chi connectivity index (χ0v) is 14.8. The molecular formula is C16H24ClN3O4. The van der Waals surface area contributed by atoms with Crippen molar-refractivity contribution in [1.29, 1.82) is 0 Å². The second kappa shape index (κ2) is 9.44. The van der Waals surface area contributed by atoms with Crippen LogP contribution in [0.5, 0.6) is 5.75 Å². The largest absolute Gasteiger partial charge is 0.496 e. The molecule has 1 amide bonds. The lowest BCUT2D eigenvalue weighted by molar-refractivity contribution is -0.384. The van der Waals surface area contributed by atoms with Crippen LogP contribution in [0.1, 0.15) is 29.6 Å². The Hall–Kier alpha value is -1.86. The van der Waals surface area contributed by atoms with Crippen LogP contribution in [0.2, 0.25) is 0 Å². The zero-order chi connectivity index (χ0) is 16.8. The van der Waals surface area contributed by atoms with E-state index in [0.29, 0.717) is 24.8 Å². The number of non-ortho nitro benzene ring substituents is 1. The molecule has 0 aromatic heterocycles. The average Bonchev–Trinajstić information content (AvgIpc) is 2.59. The van der Waals surface area contributed by atoms with Crippen LogP contribution >= 0.6 is 12.4 Å². The smallest absolute Gasteiger partial charge is 0.270 e. The van der Waals surface area contributed by atoms with E-state index in [9.17, 15) is 14.9 Å². The number of amides is 1. The van der Waals surface area contributed by atoms with E-state index in [2.05, 4.69) is 5.32 Å². The third-order valence-corrected chi connectivity index (χ3v) is 4.33. The van der Waals surface area contributed by atoms with Crippen LogP contribution < -0.4 is 10.1 Å². The van der Waals surface area contributed by atoms with Gasteiger partial charge in [-0.05, 0) is 44.8 Å². The summed E-state index contributed by atoms with van der Waals surface area (Å²) in [6.45, 7) is 2.34. The molecule has 0 radical (unpaired) electrons. The van der Waals surface area contributed by atoms with E-state index in [0.717, 1.165) is 25.8 Å². The van der Waals surface area contributed by atoms with E-state index < -0.39 is 4.92 Å². The SMILES string of the molecule is CNCCC1CCN(C(=O)c2cc([N+](=O)[O-])ccc2OC)CC1.Cl. The van der Waals surface area contributed by atoms with Crippen molar-refractivity contribution in [1.82, 2.24) is 10.2 Å². The highest BCUT2D eigenvalue weighted by Crippen LogP contribution is 2.27. The maximum atomic E-state index is 12.7. The Morgan fingerprint density at radius 3 is 2.62 bits per heavy atom. The normalized spacial score (nSPS) is 14.8. The summed E-state index contributed by atoms with van der Waals surface area (Å²) >= 11 is 0. The molecule has 8 heteroatoms. The van der Waals surface area contributed by atoms with Crippen molar-refractivity contribution in [3.8, 4) is 5.75 Å². The van der Waals surface area contributed by atoms with E-state index in [1.165, 1.54) is 25.3 Å². The molecule has 1 aliphatic rings. The molecule has 1 N–H and O–H groups in total. The minimum atomic E-state index is -0.500. The van der Waals surface area contributed by atoms with Crippen molar-refractivity contribution in [2.75, 3.05) is 33.8 Å². The van der Waals surface area contributed by atoms with Crippen LogP contribution in [0, 0.1) is 16.0 Å². The number of carbonyl (C=O) groups is 1. The molecule has 1 fully saturated rings. The first kappa shape index (κ1) is 20.2. The molecule has 0 spiro atoms. The average molecular weight is 358 g/mol. The van der Waals surface area contributed by atoms with Gasteiger partial charge in [0.25, 0.3) is 11.6 Å². The summed E-state index contributed by atoms with van der Waals surface area (Å²) in [7, 11) is 3.40. The molecule has 2 rings (SSSR count). The number of hydrogen-bond donors (Lipinski definition) is 1. The topological polar surface area (TPSA) is 84.7 Å². The second-order valence-corrected chi connectivity index (χ2v) is 5.77. The summed E-state index contributed by atoms with van der Waals surface area (Å²) in [5.74, 6) is 0.800. The number of rotatable bonds is 6. The molecule has 0 saturated carbocycles. The molecule has 1 aromatic rings. The quantitative estimate of drug-likeness (QED) is 0.624. The van der Waals surface area contributed by atoms with Crippen LogP contribution in [0.3, 0.4) is 0 Å². The highest BCUT2D eigenvalue weighted by atomic mass is 35.5. The summed E-state index contributed by atoms with van der Waals surface area (Å²) in [5.41, 5.74) is 0.161. The van der Waals surface area contributed by atoms with E-state index >= 15 is 0 Å². The Kier molecular flexibility index (Phi) is 7.94. The van der Waals surface area contributed by atoms with Gasteiger partial charge in [0.2, 0.25) is 0 Å². The van der Waals surface area contributed by atoms with Gasteiger partial charge in [-0.2, -0.15) is 0 Å². The number of ether oxygens (including phenoxy) is 1. The Balaban J connectivity index is 0.00000288. The van der Waals surface area contributed by atoms with E-state index in [4.69, 9.17) is 4.74 Å². The number of nitro groups is 1. The van der Waals surface area contributed by atoms with Crippen molar-refractivity contribution in [3.05, 3.63) is 33.9 Å². The summed E-state index contributed by atoms with van der Waals surface area (Å²) in [6.07, 6.45) is 3.04. The van der Waals surface area contributed by atoms with Gasteiger partial charge in [-0.1, -0.05) is 0 Å². The van der Waals surface area contributed by atoms with Gasteiger partial charge in [0.1, 0.15) is 5.75 Å². The van der Waals surface area contributed by atoms with Crippen LogP contribution in [-0.4, -0.2) is 49.5 Å². The number of nitrogens with zero attached hydrogens (tertiary/aromatic N) is 2. The summed E-state index contributed by atoms with van der Waals surface area (Å²) < 4.78 is 5.19. The molecule has 0 bridgehead atoms. The first-order valence-electron chi connectivity index (χ1n) is 7.83. The van der Waals surface area contributed by atoms with Crippen molar-refractivity contribution in [2.24, 2.45) is 5.92 Å². The first-order chi connectivity index (χ1) is 11.1. The minimum absolute atomic E-state index is 0. The monoisotopic (exact) mass is 357 g/mol. The number of halogens is 1. The number of methoxy groups -OCH3 is 1. The number of likely N-dealkylation sites (tertiary alicyclic amines) is 1. The molecule has 1 aromatic carbocycles. The van der Waals surface area contributed by atoms with Crippen molar-refractivity contribution in [2.45, 2.75) is 19.3 Å². The van der Waals surface area contributed by atoms with Gasteiger partial charge in [-0.15, -0.1) is 12.4 Å².